The lowest BCUT2D eigenvalue weighted by atomic mass is 9.56. The molecule has 2 nitrogen and oxygen atoms in total. The number of carbonyl (C=O) groups excluding carboxylic acids is 1. The van der Waals surface area contributed by atoms with Gasteiger partial charge < -0.3 is 4.74 Å². The van der Waals surface area contributed by atoms with Crippen molar-refractivity contribution in [2.45, 2.75) is 123 Å². The molecular weight excluding hydrogens is 332 g/mol. The zero-order valence-electron chi connectivity index (χ0n) is 18.1. The van der Waals surface area contributed by atoms with Crippen LogP contribution < -0.4 is 0 Å². The van der Waals surface area contributed by atoms with Crippen molar-refractivity contribution in [3.05, 3.63) is 0 Å². The van der Waals surface area contributed by atoms with E-state index in [9.17, 15) is 4.79 Å². The molecule has 3 saturated carbocycles. The van der Waals surface area contributed by atoms with E-state index in [2.05, 4.69) is 13.8 Å². The van der Waals surface area contributed by atoms with Crippen LogP contribution in [-0.2, 0) is 9.53 Å². The van der Waals surface area contributed by atoms with Crippen molar-refractivity contribution in [2.24, 2.45) is 29.6 Å². The van der Waals surface area contributed by atoms with Gasteiger partial charge >= 0.3 is 5.97 Å². The van der Waals surface area contributed by atoms with E-state index in [-0.39, 0.29) is 12.1 Å². The number of hydrogen-bond acceptors (Lipinski definition) is 2. The van der Waals surface area contributed by atoms with Gasteiger partial charge in [0.15, 0.2) is 0 Å². The molecule has 3 aliphatic rings. The zero-order valence-corrected chi connectivity index (χ0v) is 18.1. The van der Waals surface area contributed by atoms with Gasteiger partial charge in [-0.15, -0.1) is 0 Å². The first-order valence-corrected chi connectivity index (χ1v) is 12.4. The van der Waals surface area contributed by atoms with E-state index in [4.69, 9.17) is 4.74 Å². The summed E-state index contributed by atoms with van der Waals surface area (Å²) in [7, 11) is 0. The van der Waals surface area contributed by atoms with Crippen LogP contribution >= 0.6 is 0 Å². The smallest absolute Gasteiger partial charge is 0.306 e. The van der Waals surface area contributed by atoms with Gasteiger partial charge in [0, 0.05) is 6.42 Å². The molecule has 0 heterocycles. The molecular formula is C25H44O2. The van der Waals surface area contributed by atoms with Gasteiger partial charge in [-0.25, -0.2) is 0 Å². The molecule has 3 aliphatic carbocycles. The molecule has 0 amide bonds. The number of esters is 1. The molecule has 0 saturated heterocycles. The van der Waals surface area contributed by atoms with E-state index >= 15 is 0 Å². The number of hydrogen-bond donors (Lipinski definition) is 0. The first-order chi connectivity index (χ1) is 13.2. The van der Waals surface area contributed by atoms with Crippen LogP contribution in [0.3, 0.4) is 0 Å². The standard InChI is InChI=1S/C25H44O2/c1-3-5-7-9-19-11-15-23-20(17-19)12-13-21-18-22(14-16-24(21)23)27-25(26)10-8-6-4-2/h19-24H,3-18H2,1-2H3. The molecule has 3 rings (SSSR count). The summed E-state index contributed by atoms with van der Waals surface area (Å²) >= 11 is 0. The molecule has 27 heavy (non-hydrogen) atoms. The highest BCUT2D eigenvalue weighted by atomic mass is 16.5. The summed E-state index contributed by atoms with van der Waals surface area (Å²) in [5, 5.41) is 0. The minimum atomic E-state index is 0.0631. The van der Waals surface area contributed by atoms with Crippen LogP contribution in [0.25, 0.3) is 0 Å². The molecule has 6 atom stereocenters. The summed E-state index contributed by atoms with van der Waals surface area (Å²) in [6.45, 7) is 4.50. The Balaban J connectivity index is 1.42. The van der Waals surface area contributed by atoms with Gasteiger partial charge in [0.25, 0.3) is 0 Å². The van der Waals surface area contributed by atoms with Crippen LogP contribution in [0, 0.1) is 29.6 Å². The van der Waals surface area contributed by atoms with Gasteiger partial charge in [0.1, 0.15) is 6.10 Å². The molecule has 2 heteroatoms. The van der Waals surface area contributed by atoms with Gasteiger partial charge in [-0.2, -0.15) is 0 Å². The monoisotopic (exact) mass is 376 g/mol. The normalized spacial score (nSPS) is 35.9. The number of fused-ring (bicyclic) bond motifs is 3. The van der Waals surface area contributed by atoms with Crippen LogP contribution in [0.4, 0.5) is 0 Å². The van der Waals surface area contributed by atoms with Crippen LogP contribution in [0.1, 0.15) is 117 Å². The molecule has 0 bridgehead atoms. The lowest BCUT2D eigenvalue weighted by Gasteiger charge is -2.50. The average molecular weight is 377 g/mol. The van der Waals surface area contributed by atoms with Crippen LogP contribution in [0.15, 0.2) is 0 Å². The Morgan fingerprint density at radius 1 is 0.778 bits per heavy atom. The quantitative estimate of drug-likeness (QED) is 0.312. The van der Waals surface area contributed by atoms with Crippen molar-refractivity contribution < 1.29 is 9.53 Å². The molecule has 0 aliphatic heterocycles. The first kappa shape index (κ1) is 21.2. The van der Waals surface area contributed by atoms with Crippen molar-refractivity contribution in [3.63, 3.8) is 0 Å². The maximum Gasteiger partial charge on any atom is 0.306 e. The molecule has 0 spiro atoms. The summed E-state index contributed by atoms with van der Waals surface area (Å²) in [4.78, 5) is 12.1. The molecule has 0 aromatic carbocycles. The minimum Gasteiger partial charge on any atom is -0.462 e. The fourth-order valence-corrected chi connectivity index (χ4v) is 6.66. The third-order valence-corrected chi connectivity index (χ3v) is 8.10. The number of ether oxygens (including phenoxy) is 1. The molecule has 6 unspecified atom stereocenters. The van der Waals surface area contributed by atoms with Crippen molar-refractivity contribution in [2.75, 3.05) is 0 Å². The third-order valence-electron chi connectivity index (χ3n) is 8.10. The Hall–Kier alpha value is -0.530. The predicted molar refractivity (Wildman–Crippen MR) is 113 cm³/mol. The lowest BCUT2D eigenvalue weighted by molar-refractivity contribution is -0.153. The highest BCUT2D eigenvalue weighted by Gasteiger charge is 2.44. The van der Waals surface area contributed by atoms with E-state index < -0.39 is 0 Å². The molecule has 3 fully saturated rings. The predicted octanol–water partition coefficient (Wildman–Crippen LogP) is 7.30. The maximum atomic E-state index is 12.1. The van der Waals surface area contributed by atoms with E-state index in [1.165, 1.54) is 70.6 Å². The fraction of sp³-hybridized carbons (Fsp3) is 0.960. The van der Waals surface area contributed by atoms with Gasteiger partial charge in [0.2, 0.25) is 0 Å². The Labute approximate surface area is 168 Å². The number of carbonyl (C=O) groups is 1. The van der Waals surface area contributed by atoms with E-state index in [0.29, 0.717) is 6.42 Å². The van der Waals surface area contributed by atoms with Crippen LogP contribution in [0.5, 0.6) is 0 Å². The lowest BCUT2D eigenvalue weighted by Crippen LogP contribution is -2.43. The van der Waals surface area contributed by atoms with E-state index in [0.717, 1.165) is 55.3 Å². The molecule has 156 valence electrons. The molecule has 0 N–H and O–H groups in total. The SMILES string of the molecule is CCCCCC(=O)OC1CCC2C(CCC3CC(CCCCC)CCC32)C1. The Morgan fingerprint density at radius 3 is 2.19 bits per heavy atom. The van der Waals surface area contributed by atoms with Crippen LogP contribution in [-0.4, -0.2) is 12.1 Å². The van der Waals surface area contributed by atoms with Crippen molar-refractivity contribution >= 4 is 5.97 Å². The van der Waals surface area contributed by atoms with Gasteiger partial charge in [0.05, 0.1) is 0 Å². The maximum absolute atomic E-state index is 12.1. The van der Waals surface area contributed by atoms with Crippen molar-refractivity contribution in [1.82, 2.24) is 0 Å². The number of rotatable bonds is 9. The topological polar surface area (TPSA) is 26.3 Å². The van der Waals surface area contributed by atoms with E-state index in [1.807, 2.05) is 0 Å². The second-order valence-electron chi connectivity index (χ2n) is 9.98. The van der Waals surface area contributed by atoms with Crippen molar-refractivity contribution in [1.29, 1.82) is 0 Å². The van der Waals surface area contributed by atoms with Gasteiger partial charge in [-0.05, 0) is 81.0 Å². The second-order valence-corrected chi connectivity index (χ2v) is 9.98. The summed E-state index contributed by atoms with van der Waals surface area (Å²) in [5.74, 6) is 4.87. The van der Waals surface area contributed by atoms with Gasteiger partial charge in [-0.1, -0.05) is 58.8 Å². The third kappa shape index (κ3) is 5.97. The summed E-state index contributed by atoms with van der Waals surface area (Å²) in [6.07, 6.45) is 20.8. The fourth-order valence-electron chi connectivity index (χ4n) is 6.66. The highest BCUT2D eigenvalue weighted by molar-refractivity contribution is 5.69. The Morgan fingerprint density at radius 2 is 1.44 bits per heavy atom. The highest BCUT2D eigenvalue weighted by Crippen LogP contribution is 2.53. The number of unbranched alkanes of at least 4 members (excludes halogenated alkanes) is 4. The molecule has 0 aromatic heterocycles. The Bertz CT molecular complexity index is 446. The summed E-state index contributed by atoms with van der Waals surface area (Å²) < 4.78 is 5.86. The minimum absolute atomic E-state index is 0.0631. The second kappa shape index (κ2) is 10.9. The van der Waals surface area contributed by atoms with E-state index in [1.54, 1.807) is 0 Å². The van der Waals surface area contributed by atoms with Gasteiger partial charge in [-0.3, -0.25) is 4.79 Å². The Kier molecular flexibility index (Phi) is 8.52. The summed E-state index contributed by atoms with van der Waals surface area (Å²) in [5.41, 5.74) is 0. The van der Waals surface area contributed by atoms with Crippen LogP contribution in [0.2, 0.25) is 0 Å². The molecule has 0 radical (unpaired) electrons. The average Bonchev–Trinajstić information content (AvgIpc) is 2.68. The largest absolute Gasteiger partial charge is 0.462 e. The molecule has 0 aromatic rings. The first-order valence-electron chi connectivity index (χ1n) is 12.4. The zero-order chi connectivity index (χ0) is 19.1. The van der Waals surface area contributed by atoms with Crippen molar-refractivity contribution in [3.8, 4) is 0 Å². The summed E-state index contributed by atoms with van der Waals surface area (Å²) in [6, 6.07) is 0.